The van der Waals surface area contributed by atoms with E-state index in [9.17, 15) is 18.0 Å². The maximum atomic E-state index is 12.9. The lowest BCUT2D eigenvalue weighted by molar-refractivity contribution is -0.118. The predicted molar refractivity (Wildman–Crippen MR) is 133 cm³/mol. The molecule has 9 heteroatoms. The quantitative estimate of drug-likeness (QED) is 0.498. The highest BCUT2D eigenvalue weighted by atomic mass is 32.2. The first-order chi connectivity index (χ1) is 16.0. The van der Waals surface area contributed by atoms with E-state index >= 15 is 0 Å². The third-order valence-corrected chi connectivity index (χ3v) is 7.21. The lowest BCUT2D eigenvalue weighted by Crippen LogP contribution is -2.47. The Bertz CT molecular complexity index is 1080. The zero-order chi connectivity index (χ0) is 25.5. The molecule has 0 fully saturated rings. The van der Waals surface area contributed by atoms with Crippen molar-refractivity contribution in [2.24, 2.45) is 5.92 Å². The summed E-state index contributed by atoms with van der Waals surface area (Å²) in [6, 6.07) is 12.0. The van der Waals surface area contributed by atoms with E-state index in [0.717, 1.165) is 0 Å². The van der Waals surface area contributed by atoms with Gasteiger partial charge >= 0.3 is 0 Å². The molecule has 0 aromatic heterocycles. The molecule has 0 heterocycles. The third-order valence-electron chi connectivity index (χ3n) is 5.17. The second kappa shape index (κ2) is 12.0. The van der Waals surface area contributed by atoms with E-state index in [-0.39, 0.29) is 28.4 Å². The number of amides is 2. The molecule has 0 bridgehead atoms. The predicted octanol–water partition coefficient (Wildman–Crippen LogP) is 3.90. The van der Waals surface area contributed by atoms with Crippen molar-refractivity contribution in [3.05, 3.63) is 54.1 Å². The van der Waals surface area contributed by atoms with Crippen LogP contribution in [0.4, 0.5) is 5.69 Å². The van der Waals surface area contributed by atoms with Crippen molar-refractivity contribution in [3.63, 3.8) is 0 Å². The molecule has 2 N–H and O–H groups in total. The van der Waals surface area contributed by atoms with Crippen LogP contribution in [0.3, 0.4) is 0 Å². The summed E-state index contributed by atoms with van der Waals surface area (Å²) in [6.45, 7) is 11.7. The lowest BCUT2D eigenvalue weighted by Gasteiger charge is -2.22. The largest absolute Gasteiger partial charge is 0.491 e. The highest BCUT2D eigenvalue weighted by molar-refractivity contribution is 7.89. The number of hydrogen-bond acceptors (Lipinski definition) is 5. The highest BCUT2D eigenvalue weighted by Crippen LogP contribution is 2.19. The number of nitrogens with zero attached hydrogens (tertiary/aromatic N) is 1. The molecule has 2 aromatic carbocycles. The van der Waals surface area contributed by atoms with Gasteiger partial charge in [0, 0.05) is 24.3 Å². The summed E-state index contributed by atoms with van der Waals surface area (Å²) < 4.78 is 32.6. The van der Waals surface area contributed by atoms with Crippen molar-refractivity contribution >= 4 is 27.5 Å². The van der Waals surface area contributed by atoms with E-state index in [0.29, 0.717) is 24.5 Å². The Kier molecular flexibility index (Phi) is 9.64. The Morgan fingerprint density at radius 2 is 1.59 bits per heavy atom. The van der Waals surface area contributed by atoms with Gasteiger partial charge in [-0.25, -0.2) is 8.42 Å². The topological polar surface area (TPSA) is 105 Å². The molecule has 0 aliphatic rings. The fourth-order valence-corrected chi connectivity index (χ4v) is 4.88. The molecule has 0 spiro atoms. The standard InChI is InChI=1S/C25H35N3O5S/c1-7-28(8-2)34(31,32)22-11-9-10-19(16-22)24(29)27-23(17(3)4)25(30)26-20-12-14-21(15-13-20)33-18(5)6/h9-18,23H,7-8H2,1-6H3,(H,26,30)(H,27,29). The SMILES string of the molecule is CCN(CC)S(=O)(=O)c1cccc(C(=O)NC(C(=O)Nc2ccc(OC(C)C)cc2)C(C)C)c1. The zero-order valence-electron chi connectivity index (χ0n) is 20.7. The van der Waals surface area contributed by atoms with Gasteiger partial charge in [0.1, 0.15) is 11.8 Å². The van der Waals surface area contributed by atoms with Crippen LogP contribution in [0.5, 0.6) is 5.75 Å². The van der Waals surface area contributed by atoms with Crippen LogP contribution >= 0.6 is 0 Å². The van der Waals surface area contributed by atoms with Crippen LogP contribution in [0, 0.1) is 5.92 Å². The number of ether oxygens (including phenoxy) is 1. The van der Waals surface area contributed by atoms with Gasteiger partial charge in [-0.1, -0.05) is 33.8 Å². The minimum Gasteiger partial charge on any atom is -0.491 e. The van der Waals surface area contributed by atoms with Crippen molar-refractivity contribution < 1.29 is 22.7 Å². The summed E-state index contributed by atoms with van der Waals surface area (Å²) in [4.78, 5) is 25.9. The second-order valence-electron chi connectivity index (χ2n) is 8.49. The van der Waals surface area contributed by atoms with Gasteiger partial charge < -0.3 is 15.4 Å². The molecule has 2 rings (SSSR count). The average Bonchev–Trinajstić information content (AvgIpc) is 2.78. The van der Waals surface area contributed by atoms with Crippen LogP contribution < -0.4 is 15.4 Å². The summed E-state index contributed by atoms with van der Waals surface area (Å²) >= 11 is 0. The van der Waals surface area contributed by atoms with Gasteiger partial charge in [-0.15, -0.1) is 0 Å². The zero-order valence-corrected chi connectivity index (χ0v) is 21.5. The first-order valence-corrected chi connectivity index (χ1v) is 12.9. The summed E-state index contributed by atoms with van der Waals surface area (Å²) in [5.74, 6) is -0.393. The molecule has 2 amide bonds. The van der Waals surface area contributed by atoms with Crippen molar-refractivity contribution in [1.29, 1.82) is 0 Å². The summed E-state index contributed by atoms with van der Waals surface area (Å²) in [5, 5.41) is 5.56. The number of hydrogen-bond donors (Lipinski definition) is 2. The van der Waals surface area contributed by atoms with Crippen molar-refractivity contribution in [1.82, 2.24) is 9.62 Å². The van der Waals surface area contributed by atoms with Gasteiger partial charge in [-0.05, 0) is 62.2 Å². The minimum absolute atomic E-state index is 0.0399. The van der Waals surface area contributed by atoms with E-state index in [2.05, 4.69) is 10.6 Å². The number of sulfonamides is 1. The molecule has 0 saturated heterocycles. The van der Waals surface area contributed by atoms with E-state index in [1.807, 2.05) is 27.7 Å². The van der Waals surface area contributed by atoms with Crippen LogP contribution in [0.1, 0.15) is 51.9 Å². The second-order valence-corrected chi connectivity index (χ2v) is 10.4. The van der Waals surface area contributed by atoms with Gasteiger partial charge in [-0.2, -0.15) is 4.31 Å². The third kappa shape index (κ3) is 7.04. The molecule has 1 unspecified atom stereocenters. The van der Waals surface area contributed by atoms with Crippen molar-refractivity contribution in [2.75, 3.05) is 18.4 Å². The van der Waals surface area contributed by atoms with Crippen LogP contribution in [-0.2, 0) is 14.8 Å². The summed E-state index contributed by atoms with van der Waals surface area (Å²) in [6.07, 6.45) is 0.0430. The molecule has 8 nitrogen and oxygen atoms in total. The monoisotopic (exact) mass is 489 g/mol. The molecule has 0 aliphatic carbocycles. The number of anilines is 1. The summed E-state index contributed by atoms with van der Waals surface area (Å²) in [5.41, 5.74) is 0.746. The minimum atomic E-state index is -3.71. The van der Waals surface area contributed by atoms with Gasteiger partial charge in [0.2, 0.25) is 15.9 Å². The van der Waals surface area contributed by atoms with Crippen molar-refractivity contribution in [3.8, 4) is 5.75 Å². The highest BCUT2D eigenvalue weighted by Gasteiger charge is 2.26. The molecule has 2 aromatic rings. The maximum absolute atomic E-state index is 12.9. The molecular formula is C25H35N3O5S. The first-order valence-electron chi connectivity index (χ1n) is 11.5. The van der Waals surface area contributed by atoms with Gasteiger partial charge in [0.15, 0.2) is 0 Å². The van der Waals surface area contributed by atoms with Crippen LogP contribution in [0.15, 0.2) is 53.4 Å². The number of nitrogens with one attached hydrogen (secondary N) is 2. The van der Waals surface area contributed by atoms with Crippen molar-refractivity contribution in [2.45, 2.75) is 58.6 Å². The van der Waals surface area contributed by atoms with E-state index in [1.165, 1.54) is 28.6 Å². The molecule has 0 saturated carbocycles. The average molecular weight is 490 g/mol. The molecular weight excluding hydrogens is 454 g/mol. The van der Waals surface area contributed by atoms with E-state index in [1.54, 1.807) is 38.1 Å². The van der Waals surface area contributed by atoms with Gasteiger partial charge in [-0.3, -0.25) is 9.59 Å². The number of rotatable bonds is 11. The van der Waals surface area contributed by atoms with Crippen LogP contribution in [-0.4, -0.2) is 49.8 Å². The normalized spacial score (nSPS) is 12.6. The Morgan fingerprint density at radius 1 is 0.971 bits per heavy atom. The number of carbonyl (C=O) groups is 2. The molecule has 0 radical (unpaired) electrons. The number of carbonyl (C=O) groups excluding carboxylic acids is 2. The van der Waals surface area contributed by atoms with E-state index < -0.39 is 22.0 Å². The van der Waals surface area contributed by atoms with Gasteiger partial charge in [0.25, 0.3) is 5.91 Å². The van der Waals surface area contributed by atoms with Gasteiger partial charge in [0.05, 0.1) is 11.0 Å². The Labute approximate surface area is 202 Å². The van der Waals surface area contributed by atoms with Crippen LogP contribution in [0.2, 0.25) is 0 Å². The Morgan fingerprint density at radius 3 is 2.12 bits per heavy atom. The molecule has 186 valence electrons. The molecule has 34 heavy (non-hydrogen) atoms. The maximum Gasteiger partial charge on any atom is 0.251 e. The lowest BCUT2D eigenvalue weighted by atomic mass is 10.0. The van der Waals surface area contributed by atoms with Crippen LogP contribution in [0.25, 0.3) is 0 Å². The number of benzene rings is 2. The molecule has 1 atom stereocenters. The Balaban J connectivity index is 2.16. The fraction of sp³-hybridized carbons (Fsp3) is 0.440. The fourth-order valence-electron chi connectivity index (χ4n) is 3.38. The Hall–Kier alpha value is -2.91. The first kappa shape index (κ1) is 27.3. The smallest absolute Gasteiger partial charge is 0.251 e. The molecule has 0 aliphatic heterocycles. The summed E-state index contributed by atoms with van der Waals surface area (Å²) in [7, 11) is -3.71. The van der Waals surface area contributed by atoms with E-state index in [4.69, 9.17) is 4.74 Å².